The van der Waals surface area contributed by atoms with Gasteiger partial charge in [0.25, 0.3) is 5.91 Å². The molecule has 212 valence electrons. The number of hydrogen-bond donors (Lipinski definition) is 3. The van der Waals surface area contributed by atoms with Gasteiger partial charge in [0.1, 0.15) is 18.1 Å². The van der Waals surface area contributed by atoms with Gasteiger partial charge in [-0.1, -0.05) is 24.3 Å². The fraction of sp³-hybridized carbons (Fsp3) is 0.286. The van der Waals surface area contributed by atoms with Crippen LogP contribution in [0, 0.1) is 0 Å². The highest BCUT2D eigenvalue weighted by molar-refractivity contribution is 5.95. The van der Waals surface area contributed by atoms with Crippen molar-refractivity contribution in [3.63, 3.8) is 0 Å². The molecule has 4 rings (SSSR count). The van der Waals surface area contributed by atoms with Crippen LogP contribution in [0.2, 0.25) is 0 Å². The monoisotopic (exact) mass is 559 g/mol. The third-order valence-corrected chi connectivity index (χ3v) is 6.13. The lowest BCUT2D eigenvalue weighted by Crippen LogP contribution is -2.53. The molecule has 0 bridgehead atoms. The predicted octanol–water partition coefficient (Wildman–Crippen LogP) is 5.24. The van der Waals surface area contributed by atoms with Crippen molar-refractivity contribution in [3.05, 3.63) is 83.4 Å². The zero-order chi connectivity index (χ0) is 28.8. The summed E-state index contributed by atoms with van der Waals surface area (Å²) in [7, 11) is 2.93. The SMILES string of the molecule is COc1cc(OC)cc(C(=O)N[C@]2(OC(=O)NCc3ccc(Nc4ccccc4C(F)(F)F)cc3)CCOC2)c1. The number of carbonyl (C=O) groups excluding carboxylic acids is 2. The molecule has 1 aliphatic rings. The van der Waals surface area contributed by atoms with Crippen molar-refractivity contribution in [3.8, 4) is 11.5 Å². The predicted molar refractivity (Wildman–Crippen MR) is 140 cm³/mol. The number of methoxy groups -OCH3 is 2. The van der Waals surface area contributed by atoms with E-state index in [1.54, 1.807) is 30.3 Å². The van der Waals surface area contributed by atoms with Gasteiger partial charge in [0.2, 0.25) is 5.72 Å². The highest BCUT2D eigenvalue weighted by Gasteiger charge is 2.41. The van der Waals surface area contributed by atoms with E-state index < -0.39 is 29.5 Å². The van der Waals surface area contributed by atoms with E-state index in [0.29, 0.717) is 22.7 Å². The molecule has 1 saturated heterocycles. The summed E-state index contributed by atoms with van der Waals surface area (Å²) in [6, 6.07) is 16.4. The van der Waals surface area contributed by atoms with Gasteiger partial charge in [0.15, 0.2) is 0 Å². The molecule has 0 radical (unpaired) electrons. The quantitative estimate of drug-likeness (QED) is 0.308. The fourth-order valence-corrected chi connectivity index (χ4v) is 4.06. The molecule has 3 aromatic rings. The first-order valence-corrected chi connectivity index (χ1v) is 12.2. The van der Waals surface area contributed by atoms with Gasteiger partial charge in [0.05, 0.1) is 32.1 Å². The van der Waals surface area contributed by atoms with E-state index in [1.165, 1.54) is 44.6 Å². The number of rotatable bonds is 9. The molecule has 3 aromatic carbocycles. The molecule has 0 saturated carbocycles. The normalized spacial score (nSPS) is 16.6. The van der Waals surface area contributed by atoms with Crippen LogP contribution in [-0.2, 0) is 22.2 Å². The number of hydrogen-bond acceptors (Lipinski definition) is 7. The molecule has 12 heteroatoms. The Morgan fingerprint density at radius 3 is 2.25 bits per heavy atom. The van der Waals surface area contributed by atoms with Crippen molar-refractivity contribution in [2.75, 3.05) is 32.8 Å². The summed E-state index contributed by atoms with van der Waals surface area (Å²) in [5, 5.41) is 8.13. The second-order valence-electron chi connectivity index (χ2n) is 8.96. The third kappa shape index (κ3) is 7.14. The largest absolute Gasteiger partial charge is 0.497 e. The highest BCUT2D eigenvalue weighted by atomic mass is 19.4. The number of alkyl halides is 3. The van der Waals surface area contributed by atoms with E-state index in [-0.39, 0.29) is 37.4 Å². The minimum absolute atomic E-state index is 0.0347. The molecule has 0 unspecified atom stereocenters. The van der Waals surface area contributed by atoms with E-state index >= 15 is 0 Å². The lowest BCUT2D eigenvalue weighted by molar-refractivity contribution is -0.136. The van der Waals surface area contributed by atoms with Crippen molar-refractivity contribution in [2.45, 2.75) is 24.9 Å². The number of nitrogens with one attached hydrogen (secondary N) is 3. The molecule has 1 fully saturated rings. The first-order valence-electron chi connectivity index (χ1n) is 12.2. The number of alkyl carbamates (subject to hydrolysis) is 1. The zero-order valence-corrected chi connectivity index (χ0v) is 21.8. The Kier molecular flexibility index (Phi) is 8.68. The van der Waals surface area contributed by atoms with Crippen LogP contribution in [0.4, 0.5) is 29.3 Å². The van der Waals surface area contributed by atoms with E-state index in [9.17, 15) is 22.8 Å². The number of para-hydroxylation sites is 1. The summed E-state index contributed by atoms with van der Waals surface area (Å²) >= 11 is 0. The number of ether oxygens (including phenoxy) is 4. The second kappa shape index (κ2) is 12.2. The van der Waals surface area contributed by atoms with Gasteiger partial charge in [-0.15, -0.1) is 0 Å². The van der Waals surface area contributed by atoms with Crippen LogP contribution in [-0.4, -0.2) is 45.2 Å². The fourth-order valence-electron chi connectivity index (χ4n) is 4.06. The van der Waals surface area contributed by atoms with Gasteiger partial charge in [-0.2, -0.15) is 13.2 Å². The summed E-state index contributed by atoms with van der Waals surface area (Å²) < 4.78 is 61.1. The van der Waals surface area contributed by atoms with E-state index in [0.717, 1.165) is 6.07 Å². The highest BCUT2D eigenvalue weighted by Crippen LogP contribution is 2.36. The first kappa shape index (κ1) is 28.6. The first-order chi connectivity index (χ1) is 19.1. The third-order valence-electron chi connectivity index (χ3n) is 6.13. The Balaban J connectivity index is 1.35. The van der Waals surface area contributed by atoms with Crippen LogP contribution in [0.5, 0.6) is 11.5 Å². The molecular weight excluding hydrogens is 531 g/mol. The molecule has 3 N–H and O–H groups in total. The summed E-state index contributed by atoms with van der Waals surface area (Å²) in [6.07, 6.45) is -5.03. The Morgan fingerprint density at radius 2 is 1.65 bits per heavy atom. The summed E-state index contributed by atoms with van der Waals surface area (Å²) in [5.74, 6) is 0.335. The molecular formula is C28H28F3N3O6. The molecule has 0 aliphatic carbocycles. The van der Waals surface area contributed by atoms with Crippen molar-refractivity contribution >= 4 is 23.4 Å². The molecule has 1 aliphatic heterocycles. The second-order valence-corrected chi connectivity index (χ2v) is 8.96. The summed E-state index contributed by atoms with van der Waals surface area (Å²) in [6.45, 7) is 0.324. The van der Waals surface area contributed by atoms with Crippen molar-refractivity contribution in [2.24, 2.45) is 0 Å². The Morgan fingerprint density at radius 1 is 0.975 bits per heavy atom. The lowest BCUT2D eigenvalue weighted by atomic mass is 10.1. The van der Waals surface area contributed by atoms with Crippen molar-refractivity contribution < 1.29 is 41.7 Å². The van der Waals surface area contributed by atoms with Crippen LogP contribution in [0.3, 0.4) is 0 Å². The maximum Gasteiger partial charge on any atom is 0.418 e. The molecule has 1 atom stereocenters. The van der Waals surface area contributed by atoms with Crippen LogP contribution in [0.1, 0.15) is 27.9 Å². The molecule has 9 nitrogen and oxygen atoms in total. The number of benzene rings is 3. The van der Waals surface area contributed by atoms with Crippen LogP contribution in [0.25, 0.3) is 0 Å². The van der Waals surface area contributed by atoms with Gasteiger partial charge in [-0.3, -0.25) is 4.79 Å². The minimum atomic E-state index is -4.49. The number of carbonyl (C=O) groups is 2. The molecule has 0 spiro atoms. The summed E-state index contributed by atoms with van der Waals surface area (Å²) in [5.41, 5.74) is -0.846. The standard InChI is InChI=1S/C28H28F3N3O6/c1-37-21-13-19(14-22(15-21)38-2)25(35)34-27(11-12-39-17-27)40-26(36)32-16-18-7-9-20(10-8-18)33-24-6-4-3-5-23(24)28(29,30)31/h3-10,13-15,33H,11-12,16-17H2,1-2H3,(H,32,36)(H,34,35)/t27-/m0/s1. The van der Waals surface area contributed by atoms with Crippen LogP contribution < -0.4 is 25.4 Å². The molecule has 2 amide bonds. The van der Waals surface area contributed by atoms with Crippen molar-refractivity contribution in [1.82, 2.24) is 10.6 Å². The molecule has 0 aromatic heterocycles. The van der Waals surface area contributed by atoms with Gasteiger partial charge >= 0.3 is 12.3 Å². The Labute approximate surface area is 228 Å². The van der Waals surface area contributed by atoms with Crippen LogP contribution in [0.15, 0.2) is 66.7 Å². The van der Waals surface area contributed by atoms with E-state index in [4.69, 9.17) is 18.9 Å². The number of anilines is 2. The minimum Gasteiger partial charge on any atom is -0.497 e. The van der Waals surface area contributed by atoms with Gasteiger partial charge in [0, 0.05) is 30.3 Å². The topological polar surface area (TPSA) is 107 Å². The molecule has 40 heavy (non-hydrogen) atoms. The number of amides is 2. The number of halogens is 3. The zero-order valence-electron chi connectivity index (χ0n) is 21.8. The van der Waals surface area contributed by atoms with E-state index in [2.05, 4.69) is 16.0 Å². The summed E-state index contributed by atoms with van der Waals surface area (Å²) in [4.78, 5) is 25.6. The van der Waals surface area contributed by atoms with Crippen LogP contribution >= 0.6 is 0 Å². The van der Waals surface area contributed by atoms with Gasteiger partial charge in [-0.05, 0) is 42.0 Å². The maximum atomic E-state index is 13.2. The lowest BCUT2D eigenvalue weighted by Gasteiger charge is -2.28. The smallest absolute Gasteiger partial charge is 0.418 e. The maximum absolute atomic E-state index is 13.2. The van der Waals surface area contributed by atoms with Gasteiger partial charge < -0.3 is 34.9 Å². The average molecular weight is 560 g/mol. The van der Waals surface area contributed by atoms with Gasteiger partial charge in [-0.25, -0.2) is 4.79 Å². The molecule has 1 heterocycles. The van der Waals surface area contributed by atoms with E-state index in [1.807, 2.05) is 0 Å². The Hall–Kier alpha value is -4.45. The van der Waals surface area contributed by atoms with Crippen molar-refractivity contribution in [1.29, 1.82) is 0 Å². The average Bonchev–Trinajstić information content (AvgIpc) is 3.39. The Bertz CT molecular complexity index is 1320.